The molecule has 1 saturated heterocycles. The van der Waals surface area contributed by atoms with Crippen LogP contribution in [0.2, 0.25) is 0 Å². The zero-order valence-electron chi connectivity index (χ0n) is 16.2. The van der Waals surface area contributed by atoms with Gasteiger partial charge in [0.2, 0.25) is 0 Å². The second kappa shape index (κ2) is 7.36. The van der Waals surface area contributed by atoms with Crippen LogP contribution in [0.1, 0.15) is 29.5 Å². The van der Waals surface area contributed by atoms with Gasteiger partial charge in [-0.25, -0.2) is 14.6 Å². The molecule has 1 N–H and O–H groups in total. The number of aromatic nitrogens is 5. The number of nitrogens with zero attached hydrogens (tertiary/aromatic N) is 5. The molecular weight excluding hydrogens is 368 g/mol. The molecule has 1 aliphatic carbocycles. The Kier molecular flexibility index (Phi) is 4.55. The highest BCUT2D eigenvalue weighted by atomic mass is 16.5. The number of pyridine rings is 1. The molecule has 8 nitrogen and oxygen atoms in total. The van der Waals surface area contributed by atoms with Gasteiger partial charge in [0.25, 0.3) is 5.56 Å². The van der Waals surface area contributed by atoms with E-state index < -0.39 is 0 Å². The summed E-state index contributed by atoms with van der Waals surface area (Å²) in [5.41, 5.74) is 3.82. The number of hydrogen-bond donors (Lipinski definition) is 1. The second-order valence-electron chi connectivity index (χ2n) is 7.49. The zero-order chi connectivity index (χ0) is 19.8. The molecule has 1 aliphatic heterocycles. The maximum Gasteiger partial charge on any atom is 0.267 e. The third-order valence-corrected chi connectivity index (χ3v) is 5.53. The number of aryl methyl sites for hydroxylation is 2. The minimum Gasteiger partial charge on any atom is -0.377 e. The van der Waals surface area contributed by atoms with Crippen molar-refractivity contribution in [2.24, 2.45) is 0 Å². The lowest BCUT2D eigenvalue weighted by atomic mass is 10.1. The van der Waals surface area contributed by atoms with E-state index in [-0.39, 0.29) is 17.6 Å². The van der Waals surface area contributed by atoms with Crippen molar-refractivity contribution < 1.29 is 4.74 Å². The van der Waals surface area contributed by atoms with Crippen molar-refractivity contribution in [3.63, 3.8) is 0 Å². The summed E-state index contributed by atoms with van der Waals surface area (Å²) in [6.07, 6.45) is 6.50. The van der Waals surface area contributed by atoms with Crippen LogP contribution in [0.25, 0.3) is 11.3 Å². The highest BCUT2D eigenvalue weighted by Crippen LogP contribution is 2.29. The van der Waals surface area contributed by atoms with Crippen molar-refractivity contribution in [1.82, 2.24) is 24.7 Å². The summed E-state index contributed by atoms with van der Waals surface area (Å²) < 4.78 is 7.27. The topological polar surface area (TPSA) is 94.8 Å². The van der Waals surface area contributed by atoms with E-state index in [0.29, 0.717) is 13.2 Å². The van der Waals surface area contributed by atoms with Crippen molar-refractivity contribution in [3.8, 4) is 11.3 Å². The van der Waals surface area contributed by atoms with Crippen LogP contribution in [-0.2, 0) is 17.6 Å². The van der Waals surface area contributed by atoms with E-state index in [1.165, 1.54) is 10.2 Å². The van der Waals surface area contributed by atoms with Gasteiger partial charge in [0.15, 0.2) is 0 Å². The molecule has 8 heteroatoms. The summed E-state index contributed by atoms with van der Waals surface area (Å²) in [6, 6.07) is 6.76. The van der Waals surface area contributed by atoms with Crippen molar-refractivity contribution in [2.45, 2.75) is 38.3 Å². The molecule has 0 aromatic carbocycles. The third kappa shape index (κ3) is 3.40. The first kappa shape index (κ1) is 17.9. The van der Waals surface area contributed by atoms with Crippen LogP contribution in [0.3, 0.4) is 0 Å². The van der Waals surface area contributed by atoms with E-state index in [2.05, 4.69) is 25.4 Å². The van der Waals surface area contributed by atoms with Crippen LogP contribution in [0.15, 0.2) is 41.5 Å². The number of nitrogens with one attached hydrogen (secondary N) is 1. The highest BCUT2D eigenvalue weighted by Gasteiger charge is 2.33. The molecule has 148 valence electrons. The average Bonchev–Trinajstić information content (AvgIpc) is 3.38. The Labute approximate surface area is 168 Å². The van der Waals surface area contributed by atoms with Gasteiger partial charge in [-0.3, -0.25) is 9.78 Å². The monoisotopic (exact) mass is 390 g/mol. The van der Waals surface area contributed by atoms with Crippen LogP contribution in [0.5, 0.6) is 0 Å². The Morgan fingerprint density at radius 1 is 1.10 bits per heavy atom. The largest absolute Gasteiger partial charge is 0.377 e. The lowest BCUT2D eigenvalue weighted by molar-refractivity contribution is 0.183. The third-order valence-electron chi connectivity index (χ3n) is 5.53. The molecular formula is C21H22N6O2. The first-order valence-corrected chi connectivity index (χ1v) is 9.90. The molecule has 29 heavy (non-hydrogen) atoms. The first-order valence-electron chi connectivity index (χ1n) is 9.90. The number of hydrogen-bond acceptors (Lipinski definition) is 7. The predicted molar refractivity (Wildman–Crippen MR) is 108 cm³/mol. The fourth-order valence-electron chi connectivity index (χ4n) is 4.11. The van der Waals surface area contributed by atoms with E-state index >= 15 is 0 Å². The fourth-order valence-corrected chi connectivity index (χ4v) is 4.11. The number of rotatable bonds is 4. The van der Waals surface area contributed by atoms with Gasteiger partial charge in [-0.05, 0) is 44.4 Å². The Morgan fingerprint density at radius 3 is 2.83 bits per heavy atom. The van der Waals surface area contributed by atoms with Crippen LogP contribution in [-0.4, -0.2) is 44.0 Å². The van der Waals surface area contributed by atoms with Gasteiger partial charge in [-0.15, -0.1) is 0 Å². The number of anilines is 1. The molecule has 0 bridgehead atoms. The molecule has 4 heterocycles. The maximum absolute atomic E-state index is 12.6. The van der Waals surface area contributed by atoms with Crippen molar-refractivity contribution in [1.29, 1.82) is 0 Å². The average molecular weight is 390 g/mol. The van der Waals surface area contributed by atoms with E-state index in [1.807, 2.05) is 19.1 Å². The molecule has 0 saturated carbocycles. The quantitative estimate of drug-likeness (QED) is 0.727. The van der Waals surface area contributed by atoms with E-state index in [0.717, 1.165) is 47.9 Å². The molecule has 2 aliphatic rings. The first-order chi connectivity index (χ1) is 14.2. The molecule has 0 spiro atoms. The van der Waals surface area contributed by atoms with Gasteiger partial charge in [0.1, 0.15) is 17.7 Å². The molecule has 3 aromatic rings. The predicted octanol–water partition coefficient (Wildman–Crippen LogP) is 1.94. The van der Waals surface area contributed by atoms with Crippen LogP contribution >= 0.6 is 0 Å². The molecule has 3 aromatic heterocycles. The second-order valence-corrected chi connectivity index (χ2v) is 7.49. The van der Waals surface area contributed by atoms with Gasteiger partial charge >= 0.3 is 0 Å². The van der Waals surface area contributed by atoms with Crippen molar-refractivity contribution in [3.05, 3.63) is 64.1 Å². The summed E-state index contributed by atoms with van der Waals surface area (Å²) in [4.78, 5) is 25.9. The molecule has 5 rings (SSSR count). The summed E-state index contributed by atoms with van der Waals surface area (Å²) in [7, 11) is 0. The minimum absolute atomic E-state index is 0.0908. The fraction of sp³-hybridized carbons (Fsp3) is 0.381. The Hall–Kier alpha value is -3.13. The van der Waals surface area contributed by atoms with E-state index in [9.17, 15) is 4.79 Å². The molecule has 2 atom stereocenters. The number of ether oxygens (including phenoxy) is 1. The summed E-state index contributed by atoms with van der Waals surface area (Å²) in [6.45, 7) is 2.84. The maximum atomic E-state index is 12.6. The molecule has 0 radical (unpaired) electrons. The minimum atomic E-state index is -0.211. The number of fused-ring (bicyclic) bond motifs is 1. The van der Waals surface area contributed by atoms with Crippen LogP contribution in [0, 0.1) is 6.92 Å². The summed E-state index contributed by atoms with van der Waals surface area (Å²) in [5.74, 6) is 1.63. The SMILES string of the molecule is Cc1nc2c(c(NC3COCC3n3nc(-c4ccncc4)ccc3=O)n1)CCC2. The molecule has 0 amide bonds. The van der Waals surface area contributed by atoms with Gasteiger partial charge in [-0.2, -0.15) is 5.10 Å². The van der Waals surface area contributed by atoms with E-state index in [1.54, 1.807) is 24.5 Å². The Bertz CT molecular complexity index is 1100. The van der Waals surface area contributed by atoms with Crippen molar-refractivity contribution in [2.75, 3.05) is 18.5 Å². The normalized spacial score (nSPS) is 20.6. The van der Waals surface area contributed by atoms with Gasteiger partial charge in [-0.1, -0.05) is 0 Å². The Balaban J connectivity index is 1.47. The lowest BCUT2D eigenvalue weighted by Gasteiger charge is -2.22. The summed E-state index contributed by atoms with van der Waals surface area (Å²) in [5, 5.41) is 8.16. The van der Waals surface area contributed by atoms with Gasteiger partial charge in [0, 0.05) is 35.3 Å². The van der Waals surface area contributed by atoms with Crippen LogP contribution in [0.4, 0.5) is 5.82 Å². The smallest absolute Gasteiger partial charge is 0.267 e. The summed E-state index contributed by atoms with van der Waals surface area (Å²) >= 11 is 0. The van der Waals surface area contributed by atoms with E-state index in [4.69, 9.17) is 4.74 Å². The zero-order valence-corrected chi connectivity index (χ0v) is 16.2. The molecule has 1 fully saturated rings. The highest BCUT2D eigenvalue weighted by molar-refractivity contribution is 5.57. The van der Waals surface area contributed by atoms with Gasteiger partial charge < -0.3 is 10.1 Å². The van der Waals surface area contributed by atoms with Crippen LogP contribution < -0.4 is 10.9 Å². The molecule has 2 unspecified atom stereocenters. The van der Waals surface area contributed by atoms with Crippen molar-refractivity contribution >= 4 is 5.82 Å². The Morgan fingerprint density at radius 2 is 1.97 bits per heavy atom. The standard InChI is InChI=1S/C21H22N6O2/c1-13-23-17-4-2-3-15(17)21(24-13)25-18-11-29-12-19(18)27-20(28)6-5-16(26-27)14-7-9-22-10-8-14/h5-10,18-19H,2-4,11-12H2,1H3,(H,23,24,25). The van der Waals surface area contributed by atoms with Gasteiger partial charge in [0.05, 0.1) is 24.9 Å². The lowest BCUT2D eigenvalue weighted by Crippen LogP contribution is -2.37.